The molecule has 216 valence electrons. The first-order chi connectivity index (χ1) is 15.2. The summed E-state index contributed by atoms with van der Waals surface area (Å²) in [5.41, 5.74) is 0. The number of hydrogen-bond donors (Lipinski definition) is 3. The summed E-state index contributed by atoms with van der Waals surface area (Å²) in [6.45, 7) is 1.63. The summed E-state index contributed by atoms with van der Waals surface area (Å²) in [6, 6.07) is 0. The molecule has 0 aromatic rings. The van der Waals surface area contributed by atoms with Crippen LogP contribution in [0.15, 0.2) is 12.7 Å². The normalized spacial score (nSPS) is 15.4. The summed E-state index contributed by atoms with van der Waals surface area (Å²) in [5, 5.41) is 23.3. The second kappa shape index (κ2) is 9.63. The lowest BCUT2D eigenvalue weighted by Gasteiger charge is -2.44. The Morgan fingerprint density at radius 3 is 0.944 bits per heavy atom. The van der Waals surface area contributed by atoms with Crippen molar-refractivity contribution in [3.63, 3.8) is 0 Å². The van der Waals surface area contributed by atoms with Gasteiger partial charge in [-0.2, -0.15) is 79.0 Å². The lowest BCUT2D eigenvalue weighted by molar-refractivity contribution is -0.467. The Morgan fingerprint density at radius 1 is 0.583 bits per heavy atom. The minimum atomic E-state index is -8.86. The first-order valence-corrected chi connectivity index (χ1v) is 7.83. The van der Waals surface area contributed by atoms with Crippen LogP contribution in [0.25, 0.3) is 0 Å². The van der Waals surface area contributed by atoms with Gasteiger partial charge < -0.3 is 15.3 Å². The van der Waals surface area contributed by atoms with Crippen LogP contribution in [-0.4, -0.2) is 80.9 Å². The zero-order valence-electron chi connectivity index (χ0n) is 16.4. The molecule has 0 fully saturated rings. The van der Waals surface area contributed by atoms with Crippen molar-refractivity contribution in [2.75, 3.05) is 0 Å². The summed E-state index contributed by atoms with van der Waals surface area (Å²) in [6.07, 6.45) is -4.23. The number of carboxylic acids is 1. The molecule has 0 atom stereocenters. The summed E-state index contributed by atoms with van der Waals surface area (Å²) in [7, 11) is 0. The van der Waals surface area contributed by atoms with Gasteiger partial charge >= 0.3 is 59.3 Å². The van der Waals surface area contributed by atoms with E-state index in [1.54, 1.807) is 0 Å². The average molecular weight is 584 g/mol. The lowest BCUT2D eigenvalue weighted by Crippen LogP contribution is -2.76. The molecule has 0 saturated carbocycles. The summed E-state index contributed by atoms with van der Waals surface area (Å²) in [5.74, 6) is -73.9. The molecule has 0 aliphatic rings. The molecule has 0 radical (unpaired) electrons. The van der Waals surface area contributed by atoms with E-state index in [2.05, 4.69) is 6.58 Å². The molecule has 22 heteroatoms. The van der Waals surface area contributed by atoms with Crippen LogP contribution in [0.3, 0.4) is 0 Å². The molecule has 0 saturated heterocycles. The number of halogens is 18. The van der Waals surface area contributed by atoms with E-state index in [0.717, 1.165) is 6.08 Å². The summed E-state index contributed by atoms with van der Waals surface area (Å²) in [4.78, 5) is 9.25. The van der Waals surface area contributed by atoms with Crippen LogP contribution in [0.2, 0.25) is 0 Å². The number of alkyl halides is 18. The van der Waals surface area contributed by atoms with Gasteiger partial charge in [0.15, 0.2) is 0 Å². The average Bonchev–Trinajstić information content (AvgIpc) is 2.66. The van der Waals surface area contributed by atoms with Crippen molar-refractivity contribution in [2.45, 2.75) is 66.5 Å². The van der Waals surface area contributed by atoms with Gasteiger partial charge in [0.1, 0.15) is 0 Å². The highest BCUT2D eigenvalue weighted by atomic mass is 19.4. The lowest BCUT2D eigenvalue weighted by atomic mass is 9.86. The molecule has 0 amide bonds. The van der Waals surface area contributed by atoms with Gasteiger partial charge in [0, 0.05) is 13.0 Å². The van der Waals surface area contributed by atoms with E-state index in [-0.39, 0.29) is 0 Å². The van der Waals surface area contributed by atoms with Crippen LogP contribution in [0.4, 0.5) is 79.0 Å². The van der Waals surface area contributed by atoms with Gasteiger partial charge in [0.25, 0.3) is 0 Å². The van der Waals surface area contributed by atoms with E-state index in [1.165, 1.54) is 0 Å². The summed E-state index contributed by atoms with van der Waals surface area (Å²) >= 11 is 0. The number of carboxylic acid groups (broad SMARTS) is 1. The third-order valence-corrected chi connectivity index (χ3v) is 3.83. The Labute approximate surface area is 185 Å². The maximum atomic E-state index is 13.3. The molecule has 3 N–H and O–H groups in total. The SMILES string of the molecule is C=CC(=O)O.CC(F)(F)C(F)(F)C(F)(F)C(F)(F)C(F)(F)C(F)(F)C(F)(F)C(F)(F)C(F)(F)C(O)O. The Bertz CT molecular complexity index is 798. The zero-order chi connectivity index (χ0) is 30.4. The van der Waals surface area contributed by atoms with Gasteiger partial charge in [-0.1, -0.05) is 6.58 Å². The van der Waals surface area contributed by atoms with Crippen LogP contribution in [0, 0.1) is 0 Å². The number of carbonyl (C=O) groups is 1. The van der Waals surface area contributed by atoms with E-state index in [1.807, 2.05) is 0 Å². The molecule has 0 spiro atoms. The van der Waals surface area contributed by atoms with E-state index >= 15 is 0 Å². The van der Waals surface area contributed by atoms with Gasteiger partial charge in [0.05, 0.1) is 0 Å². The predicted molar refractivity (Wildman–Crippen MR) is 76.3 cm³/mol. The van der Waals surface area contributed by atoms with Crippen molar-refractivity contribution in [3.05, 3.63) is 12.7 Å². The number of aliphatic hydroxyl groups is 2. The molecule has 36 heavy (non-hydrogen) atoms. The van der Waals surface area contributed by atoms with Crippen molar-refractivity contribution in [2.24, 2.45) is 0 Å². The molecule has 0 aliphatic heterocycles. The van der Waals surface area contributed by atoms with Crippen LogP contribution in [0.1, 0.15) is 6.92 Å². The molecule has 0 unspecified atom stereocenters. The van der Waals surface area contributed by atoms with E-state index in [9.17, 15) is 83.8 Å². The highest BCUT2D eigenvalue weighted by Crippen LogP contribution is 2.65. The molecule has 0 aromatic carbocycles. The Kier molecular flexibility index (Phi) is 9.64. The smallest absolute Gasteiger partial charge is 0.385 e. The standard InChI is InChI=1S/C11H6F18O2.C3H4O2/c1-3(12,13)5(16,17)7(20,21)9(24,25)11(28,29)10(26,27)8(22,23)6(18,19)4(14,15)2(30)31;1-2-3(4)5/h2,30-31H,1H3;2H,1H2,(H,4,5). The van der Waals surface area contributed by atoms with Crippen molar-refractivity contribution >= 4 is 5.97 Å². The van der Waals surface area contributed by atoms with Crippen LogP contribution in [0.5, 0.6) is 0 Å². The van der Waals surface area contributed by atoms with Gasteiger partial charge in [0.2, 0.25) is 6.29 Å². The highest BCUT2D eigenvalue weighted by molar-refractivity contribution is 5.78. The maximum Gasteiger partial charge on any atom is 0.385 e. The molecule has 0 heterocycles. The minimum absolute atomic E-state index is 0.833. The van der Waals surface area contributed by atoms with Gasteiger partial charge in [-0.15, -0.1) is 0 Å². The fourth-order valence-corrected chi connectivity index (χ4v) is 1.63. The molecule has 4 nitrogen and oxygen atoms in total. The van der Waals surface area contributed by atoms with Crippen LogP contribution in [-0.2, 0) is 4.79 Å². The van der Waals surface area contributed by atoms with E-state index in [0.29, 0.717) is 0 Å². The summed E-state index contributed by atoms with van der Waals surface area (Å²) < 4.78 is 234. The second-order valence-electron chi connectivity index (χ2n) is 6.45. The maximum absolute atomic E-state index is 13.3. The Hall–Kier alpha value is -2.13. The van der Waals surface area contributed by atoms with E-state index in [4.69, 9.17) is 15.3 Å². The van der Waals surface area contributed by atoms with Crippen LogP contribution < -0.4 is 0 Å². The number of aliphatic hydroxyl groups excluding tert-OH is 1. The highest BCUT2D eigenvalue weighted by Gasteiger charge is 2.96. The molecular formula is C14H10F18O4. The third kappa shape index (κ3) is 5.01. The quantitative estimate of drug-likeness (QED) is 0.185. The largest absolute Gasteiger partial charge is 0.478 e. The third-order valence-electron chi connectivity index (χ3n) is 3.83. The number of hydrogen-bond acceptors (Lipinski definition) is 3. The first-order valence-electron chi connectivity index (χ1n) is 7.83. The topological polar surface area (TPSA) is 77.8 Å². The molecular weight excluding hydrogens is 574 g/mol. The number of aliphatic carboxylic acids is 1. The van der Waals surface area contributed by atoms with Gasteiger partial charge in [-0.3, -0.25) is 0 Å². The van der Waals surface area contributed by atoms with Crippen molar-refractivity contribution in [1.82, 2.24) is 0 Å². The predicted octanol–water partition coefficient (Wildman–Crippen LogP) is 5.29. The van der Waals surface area contributed by atoms with Crippen molar-refractivity contribution in [1.29, 1.82) is 0 Å². The van der Waals surface area contributed by atoms with Crippen molar-refractivity contribution < 1.29 is 99.1 Å². The van der Waals surface area contributed by atoms with Gasteiger partial charge in [-0.25, -0.2) is 4.79 Å². The second-order valence-corrected chi connectivity index (χ2v) is 6.45. The van der Waals surface area contributed by atoms with E-state index < -0.39 is 72.5 Å². The monoisotopic (exact) mass is 584 g/mol. The molecule has 0 rings (SSSR count). The first kappa shape index (κ1) is 36.0. The van der Waals surface area contributed by atoms with Crippen molar-refractivity contribution in [3.8, 4) is 0 Å². The Balaban J connectivity index is 0. The molecule has 0 aromatic heterocycles. The number of rotatable bonds is 10. The Morgan fingerprint density at radius 2 is 0.778 bits per heavy atom. The zero-order valence-corrected chi connectivity index (χ0v) is 16.4. The fraction of sp³-hybridized carbons (Fsp3) is 0.786. The minimum Gasteiger partial charge on any atom is -0.478 e. The van der Waals surface area contributed by atoms with Gasteiger partial charge in [-0.05, 0) is 0 Å². The van der Waals surface area contributed by atoms with Crippen LogP contribution >= 0.6 is 0 Å². The fourth-order valence-electron chi connectivity index (χ4n) is 1.63. The molecule has 0 bridgehead atoms. The molecule has 0 aliphatic carbocycles.